The third-order valence-corrected chi connectivity index (χ3v) is 5.63. The van der Waals surface area contributed by atoms with Crippen molar-refractivity contribution in [1.29, 1.82) is 0 Å². The molecule has 0 fully saturated rings. The van der Waals surface area contributed by atoms with E-state index in [2.05, 4.69) is 17.4 Å². The maximum absolute atomic E-state index is 12.5. The second-order valence-electron chi connectivity index (χ2n) is 7.71. The molecule has 0 bridgehead atoms. The number of aliphatic carboxylic acids is 1. The number of carboxylic acid groups (broad SMARTS) is 1. The van der Waals surface area contributed by atoms with Crippen molar-refractivity contribution in [2.45, 2.75) is 31.7 Å². The van der Waals surface area contributed by atoms with Gasteiger partial charge in [-0.3, -0.25) is 9.59 Å². The van der Waals surface area contributed by atoms with Crippen LogP contribution in [0.5, 0.6) is 0 Å². The third-order valence-electron chi connectivity index (χ3n) is 5.63. The first-order valence-electron chi connectivity index (χ1n) is 10.7. The van der Waals surface area contributed by atoms with Gasteiger partial charge in [-0.2, -0.15) is 0 Å². The number of benzene rings is 2. The molecule has 8 heteroatoms. The zero-order valence-electron chi connectivity index (χ0n) is 18.0. The fourth-order valence-corrected chi connectivity index (χ4v) is 4.02. The van der Waals surface area contributed by atoms with Crippen molar-refractivity contribution >= 4 is 18.0 Å². The smallest absolute Gasteiger partial charge is 0.407 e. The van der Waals surface area contributed by atoms with Gasteiger partial charge < -0.3 is 25.2 Å². The van der Waals surface area contributed by atoms with Gasteiger partial charge in [0, 0.05) is 24.9 Å². The second kappa shape index (κ2) is 10.8. The minimum absolute atomic E-state index is 0.0644. The molecule has 32 heavy (non-hydrogen) atoms. The Kier molecular flexibility index (Phi) is 7.83. The van der Waals surface area contributed by atoms with Crippen LogP contribution in [0.15, 0.2) is 48.5 Å². The Bertz CT molecular complexity index is 931. The van der Waals surface area contributed by atoms with E-state index in [1.807, 2.05) is 43.3 Å². The Balaban J connectivity index is 1.59. The average molecular weight is 440 g/mol. The van der Waals surface area contributed by atoms with Crippen LogP contribution in [0.3, 0.4) is 0 Å². The molecule has 8 nitrogen and oxygen atoms in total. The molecule has 0 saturated carbocycles. The molecule has 1 unspecified atom stereocenters. The number of hydrogen-bond donors (Lipinski definition) is 3. The summed E-state index contributed by atoms with van der Waals surface area (Å²) in [6.45, 7) is 1.07. The number of ether oxygens (including phenoxy) is 1. The van der Waals surface area contributed by atoms with Crippen LogP contribution in [0.25, 0.3) is 11.1 Å². The molecule has 3 rings (SSSR count). The maximum atomic E-state index is 12.5. The van der Waals surface area contributed by atoms with E-state index in [1.165, 1.54) is 0 Å². The molecular formula is C24H28N2O6. The Morgan fingerprint density at radius 2 is 1.66 bits per heavy atom. The summed E-state index contributed by atoms with van der Waals surface area (Å²) >= 11 is 0. The van der Waals surface area contributed by atoms with Gasteiger partial charge in [-0.15, -0.1) is 0 Å². The van der Waals surface area contributed by atoms with E-state index in [9.17, 15) is 14.4 Å². The van der Waals surface area contributed by atoms with Crippen LogP contribution in [0.4, 0.5) is 4.79 Å². The number of amides is 2. The lowest BCUT2D eigenvalue weighted by atomic mass is 9.98. The number of nitrogens with one attached hydrogen (secondary N) is 1. The van der Waals surface area contributed by atoms with Crippen LogP contribution in [-0.2, 0) is 14.3 Å². The summed E-state index contributed by atoms with van der Waals surface area (Å²) in [5.41, 5.74) is 4.49. The van der Waals surface area contributed by atoms with E-state index in [0.29, 0.717) is 6.42 Å². The Labute approximate surface area is 186 Å². The minimum atomic E-state index is -1.16. The van der Waals surface area contributed by atoms with Crippen LogP contribution in [0.1, 0.15) is 36.8 Å². The summed E-state index contributed by atoms with van der Waals surface area (Å²) in [4.78, 5) is 36.9. The van der Waals surface area contributed by atoms with E-state index < -0.39 is 30.6 Å². The lowest BCUT2D eigenvalue weighted by Gasteiger charge is -2.23. The highest BCUT2D eigenvalue weighted by Crippen LogP contribution is 2.44. The summed E-state index contributed by atoms with van der Waals surface area (Å²) in [6.07, 6.45) is -0.234. The Morgan fingerprint density at radius 3 is 2.19 bits per heavy atom. The molecule has 2 amide bonds. The molecule has 0 spiro atoms. The van der Waals surface area contributed by atoms with Gasteiger partial charge in [0.2, 0.25) is 5.91 Å². The van der Waals surface area contributed by atoms with E-state index in [4.69, 9.17) is 14.9 Å². The number of nitrogens with zero attached hydrogens (tertiary/aromatic N) is 1. The van der Waals surface area contributed by atoms with Gasteiger partial charge in [-0.05, 0) is 28.7 Å². The highest BCUT2D eigenvalue weighted by molar-refractivity contribution is 5.82. The highest BCUT2D eigenvalue weighted by Gasteiger charge is 2.29. The molecule has 0 aromatic heterocycles. The molecule has 1 aliphatic rings. The van der Waals surface area contributed by atoms with Gasteiger partial charge >= 0.3 is 12.1 Å². The summed E-state index contributed by atoms with van der Waals surface area (Å²) in [6, 6.07) is 15.6. The standard InChI is InChI=1S/C24H28N2O6/c1-2-16(13-22(28)26(11-12-27)14-23(29)30)25-24(31)32-15-21-19-9-5-3-7-17(19)18-8-4-6-10-20(18)21/h3-10,16,21,27H,2,11-15H2,1H3,(H,25,31)(H,29,30). The molecule has 2 aromatic carbocycles. The molecule has 0 heterocycles. The van der Waals surface area contributed by atoms with Crippen LogP contribution >= 0.6 is 0 Å². The lowest BCUT2D eigenvalue weighted by molar-refractivity contribution is -0.145. The molecule has 0 aliphatic heterocycles. The number of carbonyl (C=O) groups is 3. The van der Waals surface area contributed by atoms with E-state index >= 15 is 0 Å². The number of aliphatic hydroxyl groups excluding tert-OH is 1. The van der Waals surface area contributed by atoms with Crippen molar-refractivity contribution in [3.8, 4) is 11.1 Å². The van der Waals surface area contributed by atoms with Gasteiger partial charge in [-0.25, -0.2) is 4.79 Å². The molecule has 2 aromatic rings. The predicted molar refractivity (Wildman–Crippen MR) is 118 cm³/mol. The van der Waals surface area contributed by atoms with Gasteiger partial charge in [0.25, 0.3) is 0 Å². The molecule has 0 saturated heterocycles. The molecule has 3 N–H and O–H groups in total. The van der Waals surface area contributed by atoms with E-state index in [0.717, 1.165) is 27.2 Å². The van der Waals surface area contributed by atoms with Crippen molar-refractivity contribution in [3.05, 3.63) is 59.7 Å². The molecule has 1 atom stereocenters. The summed E-state index contributed by atoms with van der Waals surface area (Å²) in [7, 11) is 0. The van der Waals surface area contributed by atoms with E-state index in [1.54, 1.807) is 0 Å². The zero-order chi connectivity index (χ0) is 23.1. The predicted octanol–water partition coefficient (Wildman–Crippen LogP) is 2.60. The monoisotopic (exact) mass is 440 g/mol. The fourth-order valence-electron chi connectivity index (χ4n) is 4.02. The number of fused-ring (bicyclic) bond motifs is 3. The SMILES string of the molecule is CCC(CC(=O)N(CCO)CC(=O)O)NC(=O)OCC1c2ccccc2-c2ccccc21. The van der Waals surface area contributed by atoms with Crippen LogP contribution < -0.4 is 5.32 Å². The Hall–Kier alpha value is -3.39. The zero-order valence-corrected chi connectivity index (χ0v) is 18.0. The topological polar surface area (TPSA) is 116 Å². The third kappa shape index (κ3) is 5.45. The number of rotatable bonds is 10. The summed E-state index contributed by atoms with van der Waals surface area (Å²) in [5, 5.41) is 20.7. The number of carboxylic acids is 1. The van der Waals surface area contributed by atoms with Gasteiger partial charge in [-0.1, -0.05) is 55.5 Å². The molecule has 1 aliphatic carbocycles. The normalized spacial score (nSPS) is 13.1. The highest BCUT2D eigenvalue weighted by atomic mass is 16.5. The van der Waals surface area contributed by atoms with Gasteiger partial charge in [0.05, 0.1) is 6.61 Å². The lowest BCUT2D eigenvalue weighted by Crippen LogP contribution is -2.43. The number of hydrogen-bond acceptors (Lipinski definition) is 5. The molecule has 0 radical (unpaired) electrons. The van der Waals surface area contributed by atoms with Crippen LogP contribution in [0, 0.1) is 0 Å². The Morgan fingerprint density at radius 1 is 1.06 bits per heavy atom. The first-order valence-corrected chi connectivity index (χ1v) is 10.7. The van der Waals surface area contributed by atoms with Crippen LogP contribution in [0.2, 0.25) is 0 Å². The van der Waals surface area contributed by atoms with Crippen molar-refractivity contribution in [3.63, 3.8) is 0 Å². The van der Waals surface area contributed by atoms with Crippen molar-refractivity contribution in [1.82, 2.24) is 10.2 Å². The summed E-state index contributed by atoms with van der Waals surface area (Å²) < 4.78 is 5.52. The molecular weight excluding hydrogens is 412 g/mol. The van der Waals surface area contributed by atoms with Crippen molar-refractivity contribution in [2.24, 2.45) is 0 Å². The fraction of sp³-hybridized carbons (Fsp3) is 0.375. The maximum Gasteiger partial charge on any atom is 0.407 e. The number of alkyl carbamates (subject to hydrolysis) is 1. The second-order valence-corrected chi connectivity index (χ2v) is 7.71. The van der Waals surface area contributed by atoms with Crippen LogP contribution in [-0.4, -0.2) is 65.4 Å². The molecule has 170 valence electrons. The quantitative estimate of drug-likeness (QED) is 0.523. The van der Waals surface area contributed by atoms with Crippen molar-refractivity contribution < 1.29 is 29.3 Å². The first kappa shape index (κ1) is 23.3. The largest absolute Gasteiger partial charge is 0.480 e. The average Bonchev–Trinajstić information content (AvgIpc) is 3.10. The van der Waals surface area contributed by atoms with Gasteiger partial charge in [0.15, 0.2) is 0 Å². The van der Waals surface area contributed by atoms with E-state index in [-0.39, 0.29) is 32.1 Å². The first-order chi connectivity index (χ1) is 15.4. The minimum Gasteiger partial charge on any atom is -0.480 e. The van der Waals surface area contributed by atoms with Gasteiger partial charge in [0.1, 0.15) is 13.2 Å². The number of carbonyl (C=O) groups excluding carboxylic acids is 2. The summed E-state index contributed by atoms with van der Waals surface area (Å²) in [5.74, 6) is -1.68. The number of aliphatic hydroxyl groups is 1. The van der Waals surface area contributed by atoms with Crippen molar-refractivity contribution in [2.75, 3.05) is 26.3 Å².